The lowest BCUT2D eigenvalue weighted by Crippen LogP contribution is -2.46. The summed E-state index contributed by atoms with van der Waals surface area (Å²) in [5.74, 6) is -0.278. The largest absolute Gasteiger partial charge is 0.465 e. The topological polar surface area (TPSA) is 58.8 Å². The molecule has 2 rings (SSSR count). The number of fused-ring (bicyclic) bond motifs is 2. The molecule has 2 heterocycles. The number of esters is 1. The van der Waals surface area contributed by atoms with E-state index in [-0.39, 0.29) is 5.97 Å². The van der Waals surface area contributed by atoms with Crippen LogP contribution in [-0.4, -0.2) is 67.2 Å². The summed E-state index contributed by atoms with van der Waals surface area (Å²) in [7, 11) is 2.22. The molecule has 0 spiro atoms. The lowest BCUT2D eigenvalue weighted by Gasteiger charge is -2.27. The third-order valence-corrected chi connectivity index (χ3v) is 4.28. The van der Waals surface area contributed by atoms with Crippen molar-refractivity contribution < 1.29 is 9.53 Å². The number of nitrogens with zero attached hydrogens (tertiary/aromatic N) is 2. The van der Waals surface area contributed by atoms with Crippen LogP contribution in [0.15, 0.2) is 0 Å². The number of carbonyl (C=O) groups excluding carboxylic acids is 1. The van der Waals surface area contributed by atoms with Crippen molar-refractivity contribution in [2.24, 2.45) is 5.73 Å². The van der Waals surface area contributed by atoms with Crippen molar-refractivity contribution in [1.29, 1.82) is 0 Å². The first kappa shape index (κ1) is 13.8. The molecule has 0 radical (unpaired) electrons. The molecule has 0 aromatic heterocycles. The number of nitrogens with two attached hydrogens (primary N) is 1. The Bertz CT molecular complexity index is 298. The Hall–Kier alpha value is -0.650. The van der Waals surface area contributed by atoms with Gasteiger partial charge in [-0.15, -0.1) is 0 Å². The first-order valence-electron chi connectivity index (χ1n) is 6.98. The molecule has 2 aliphatic heterocycles. The van der Waals surface area contributed by atoms with Crippen LogP contribution in [0.2, 0.25) is 0 Å². The maximum absolute atomic E-state index is 11.5. The molecule has 0 saturated carbocycles. The summed E-state index contributed by atoms with van der Waals surface area (Å²) < 4.78 is 4.96. The highest BCUT2D eigenvalue weighted by atomic mass is 16.5. The third-order valence-electron chi connectivity index (χ3n) is 4.28. The van der Waals surface area contributed by atoms with E-state index < -0.39 is 6.04 Å². The molecular formula is C13H25N3O2. The molecule has 2 N–H and O–H groups in total. The summed E-state index contributed by atoms with van der Waals surface area (Å²) in [6.45, 7) is 4.90. The average molecular weight is 255 g/mol. The minimum absolute atomic E-state index is 0.278. The van der Waals surface area contributed by atoms with Crippen LogP contribution in [0.5, 0.6) is 0 Å². The van der Waals surface area contributed by atoms with Crippen molar-refractivity contribution in [1.82, 2.24) is 9.80 Å². The predicted molar refractivity (Wildman–Crippen MR) is 70.2 cm³/mol. The number of ether oxygens (including phenoxy) is 1. The molecule has 104 valence electrons. The molecule has 3 unspecified atom stereocenters. The monoisotopic (exact) mass is 255 g/mol. The maximum atomic E-state index is 11.5. The minimum atomic E-state index is -0.508. The van der Waals surface area contributed by atoms with Crippen LogP contribution < -0.4 is 5.73 Å². The highest BCUT2D eigenvalue weighted by molar-refractivity contribution is 5.75. The molecular weight excluding hydrogens is 230 g/mol. The number of likely N-dealkylation sites (N-methyl/N-ethyl adjacent to an activating group) is 1. The normalized spacial score (nSPS) is 31.1. The molecule has 2 saturated heterocycles. The third kappa shape index (κ3) is 3.02. The second-order valence-electron chi connectivity index (χ2n) is 5.46. The standard InChI is InChI=1S/C13H25N3O2/c1-3-18-13(17)12(14)9-16-7-6-10-4-5-11(8-16)15(10)2/h10-12H,3-9,14H2,1-2H3. The van der Waals surface area contributed by atoms with Crippen LogP contribution in [0.4, 0.5) is 0 Å². The molecule has 2 aliphatic rings. The number of likely N-dealkylation sites (tertiary alicyclic amines) is 1. The fourth-order valence-electron chi connectivity index (χ4n) is 3.15. The second kappa shape index (κ2) is 5.99. The Morgan fingerprint density at radius 1 is 1.39 bits per heavy atom. The van der Waals surface area contributed by atoms with Gasteiger partial charge in [0, 0.05) is 25.2 Å². The van der Waals surface area contributed by atoms with Gasteiger partial charge in [-0.1, -0.05) is 0 Å². The fourth-order valence-corrected chi connectivity index (χ4v) is 3.15. The van der Waals surface area contributed by atoms with E-state index in [1.165, 1.54) is 19.3 Å². The average Bonchev–Trinajstić information content (AvgIpc) is 2.57. The quantitative estimate of drug-likeness (QED) is 0.719. The van der Waals surface area contributed by atoms with E-state index in [0.717, 1.165) is 19.1 Å². The lowest BCUT2D eigenvalue weighted by atomic mass is 10.1. The van der Waals surface area contributed by atoms with Crippen molar-refractivity contribution >= 4 is 5.97 Å². The van der Waals surface area contributed by atoms with E-state index in [2.05, 4.69) is 16.8 Å². The molecule has 2 bridgehead atoms. The maximum Gasteiger partial charge on any atom is 0.324 e. The van der Waals surface area contributed by atoms with Gasteiger partial charge >= 0.3 is 5.97 Å². The summed E-state index contributed by atoms with van der Waals surface area (Å²) in [6, 6.07) is 0.845. The zero-order valence-corrected chi connectivity index (χ0v) is 11.5. The molecule has 5 nitrogen and oxygen atoms in total. The molecule has 0 aromatic carbocycles. The van der Waals surface area contributed by atoms with Gasteiger partial charge in [-0.05, 0) is 39.8 Å². The molecule has 3 atom stereocenters. The van der Waals surface area contributed by atoms with Crippen LogP contribution in [0.1, 0.15) is 26.2 Å². The van der Waals surface area contributed by atoms with Gasteiger partial charge in [-0.2, -0.15) is 0 Å². The highest BCUT2D eigenvalue weighted by Gasteiger charge is 2.35. The summed E-state index contributed by atoms with van der Waals surface area (Å²) >= 11 is 0. The number of rotatable bonds is 4. The predicted octanol–water partition coefficient (Wildman–Crippen LogP) is 0.0453. The van der Waals surface area contributed by atoms with E-state index in [1.807, 2.05) is 6.92 Å². The van der Waals surface area contributed by atoms with E-state index in [4.69, 9.17) is 10.5 Å². The van der Waals surface area contributed by atoms with Crippen molar-refractivity contribution in [2.45, 2.75) is 44.3 Å². The summed E-state index contributed by atoms with van der Waals surface area (Å²) in [5, 5.41) is 0. The molecule has 2 fully saturated rings. The second-order valence-corrected chi connectivity index (χ2v) is 5.46. The van der Waals surface area contributed by atoms with Gasteiger partial charge in [0.2, 0.25) is 0 Å². The Kier molecular flexibility index (Phi) is 4.59. The molecule has 18 heavy (non-hydrogen) atoms. The van der Waals surface area contributed by atoms with Crippen molar-refractivity contribution in [2.75, 3.05) is 33.3 Å². The fraction of sp³-hybridized carbons (Fsp3) is 0.923. The molecule has 0 aliphatic carbocycles. The Morgan fingerprint density at radius 2 is 2.11 bits per heavy atom. The van der Waals surface area contributed by atoms with Gasteiger partial charge in [-0.3, -0.25) is 14.6 Å². The first-order valence-corrected chi connectivity index (χ1v) is 6.98. The van der Waals surface area contributed by atoms with Crippen LogP contribution in [0.25, 0.3) is 0 Å². The molecule has 5 heteroatoms. The van der Waals surface area contributed by atoms with Gasteiger partial charge < -0.3 is 10.5 Å². The van der Waals surface area contributed by atoms with Crippen molar-refractivity contribution in [3.05, 3.63) is 0 Å². The van der Waals surface area contributed by atoms with E-state index in [1.54, 1.807) is 0 Å². The zero-order chi connectivity index (χ0) is 13.1. The number of carbonyl (C=O) groups is 1. The van der Waals surface area contributed by atoms with Gasteiger partial charge in [-0.25, -0.2) is 0 Å². The van der Waals surface area contributed by atoms with Crippen LogP contribution in [-0.2, 0) is 9.53 Å². The van der Waals surface area contributed by atoms with Gasteiger partial charge in [0.05, 0.1) is 6.61 Å². The number of hydrogen-bond donors (Lipinski definition) is 1. The zero-order valence-electron chi connectivity index (χ0n) is 11.5. The molecule has 0 aromatic rings. The van der Waals surface area contributed by atoms with E-state index in [0.29, 0.717) is 19.2 Å². The summed E-state index contributed by atoms with van der Waals surface area (Å²) in [5.41, 5.74) is 5.89. The first-order chi connectivity index (χ1) is 8.61. The minimum Gasteiger partial charge on any atom is -0.465 e. The van der Waals surface area contributed by atoms with Gasteiger partial charge in [0.15, 0.2) is 0 Å². The number of hydrogen-bond acceptors (Lipinski definition) is 5. The summed E-state index contributed by atoms with van der Waals surface area (Å²) in [4.78, 5) is 16.4. The van der Waals surface area contributed by atoms with Crippen molar-refractivity contribution in [3.8, 4) is 0 Å². The Morgan fingerprint density at radius 3 is 2.83 bits per heavy atom. The van der Waals surface area contributed by atoms with Crippen LogP contribution in [0, 0.1) is 0 Å². The lowest BCUT2D eigenvalue weighted by molar-refractivity contribution is -0.145. The van der Waals surface area contributed by atoms with E-state index >= 15 is 0 Å². The summed E-state index contributed by atoms with van der Waals surface area (Å²) in [6.07, 6.45) is 3.77. The Labute approximate surface area is 109 Å². The van der Waals surface area contributed by atoms with Gasteiger partial charge in [0.1, 0.15) is 6.04 Å². The van der Waals surface area contributed by atoms with Crippen LogP contribution in [0.3, 0.4) is 0 Å². The molecule has 0 amide bonds. The van der Waals surface area contributed by atoms with Gasteiger partial charge in [0.25, 0.3) is 0 Å². The Balaban J connectivity index is 1.85. The van der Waals surface area contributed by atoms with Crippen molar-refractivity contribution in [3.63, 3.8) is 0 Å². The van der Waals surface area contributed by atoms with Crippen LogP contribution >= 0.6 is 0 Å². The van der Waals surface area contributed by atoms with E-state index in [9.17, 15) is 4.79 Å². The smallest absolute Gasteiger partial charge is 0.324 e. The highest BCUT2D eigenvalue weighted by Crippen LogP contribution is 2.28. The SMILES string of the molecule is CCOC(=O)C(N)CN1CCC2CCC(C1)N2C.